The monoisotopic (exact) mass is 1120 g/mol. The van der Waals surface area contributed by atoms with Gasteiger partial charge in [0.1, 0.15) is 31.7 Å². The summed E-state index contributed by atoms with van der Waals surface area (Å²) < 4.78 is 33.1. The second kappa shape index (κ2) is 25.1. The first-order chi connectivity index (χ1) is 38.9. The van der Waals surface area contributed by atoms with Crippen LogP contribution >= 0.6 is 0 Å². The number of halogens is 1. The van der Waals surface area contributed by atoms with Crippen molar-refractivity contribution in [2.24, 2.45) is 11.8 Å². The van der Waals surface area contributed by atoms with Gasteiger partial charge in [-0.15, -0.1) is 0 Å². The van der Waals surface area contributed by atoms with Crippen molar-refractivity contribution in [1.82, 2.24) is 41.0 Å². The molecule has 1 saturated carbocycles. The number of benzene rings is 2. The van der Waals surface area contributed by atoms with Crippen LogP contribution in [0, 0.1) is 24.6 Å². The Hall–Kier alpha value is -8.18. The Morgan fingerprint density at radius 2 is 1.63 bits per heavy atom. The maximum Gasteiger partial charge on any atom is 0.343 e. The molecule has 7 amide bonds. The Kier molecular flexibility index (Phi) is 17.8. The lowest BCUT2D eigenvalue weighted by Gasteiger charge is -2.32. The molecule has 0 saturated heterocycles. The second-order valence-electron chi connectivity index (χ2n) is 21.2. The van der Waals surface area contributed by atoms with Crippen molar-refractivity contribution in [3.05, 3.63) is 110 Å². The van der Waals surface area contributed by atoms with Crippen LogP contribution in [0.1, 0.15) is 116 Å². The van der Waals surface area contributed by atoms with Crippen LogP contribution in [-0.4, -0.2) is 118 Å². The quantitative estimate of drug-likeness (QED) is 0.0237. The lowest BCUT2D eigenvalue weighted by atomic mass is 9.80. The number of aromatic nitrogens is 2. The van der Waals surface area contributed by atoms with Gasteiger partial charge in [0.25, 0.3) is 23.3 Å². The largest absolute Gasteiger partial charge is 0.458 e. The Morgan fingerprint density at radius 3 is 2.37 bits per heavy atom. The molecule has 6 N–H and O–H groups in total. The number of cyclic esters (lactones) is 1. The Morgan fingerprint density at radius 1 is 0.877 bits per heavy atom. The van der Waals surface area contributed by atoms with Crippen LogP contribution in [0.2, 0.25) is 0 Å². The number of fused-ring (bicyclic) bond motifs is 5. The van der Waals surface area contributed by atoms with E-state index in [9.17, 15) is 53.1 Å². The van der Waals surface area contributed by atoms with Crippen LogP contribution in [0.25, 0.3) is 22.3 Å². The highest BCUT2D eigenvalue weighted by Gasteiger charge is 2.46. The molecular formula is C58H65FN8O14. The zero-order chi connectivity index (χ0) is 57.5. The third kappa shape index (κ3) is 12.7. The summed E-state index contributed by atoms with van der Waals surface area (Å²) in [7, 11) is 0. The number of hydrogen-bond acceptors (Lipinski definition) is 15. The average molecular weight is 1120 g/mol. The predicted octanol–water partition coefficient (Wildman–Crippen LogP) is 2.52. The highest BCUT2D eigenvalue weighted by atomic mass is 19.1. The van der Waals surface area contributed by atoms with Gasteiger partial charge in [0.2, 0.25) is 23.6 Å². The molecule has 428 valence electrons. The number of esters is 2. The minimum atomic E-state index is -2.02. The number of carbonyl (C=O) groups is 9. The third-order valence-corrected chi connectivity index (χ3v) is 16.0. The van der Waals surface area contributed by atoms with Crippen molar-refractivity contribution < 1.29 is 66.9 Å². The standard InChI is InChI=1S/C58H65FN8O14/c1-3-58(78)39-23-44-53-37(27-67(44)56(76)38(39)29-81-57(58)77)52-41(18-17-36-32(2)40(59)24-42(64-53)51(36)52)65-54(74)35-15-13-34(14-16-35)28-79-31-62-46(69)25-61-55(75)43(22-33-10-6-4-7-11-33)63-47(70)30-80-50(73)26-60-45(68)12-8-5-9-21-66-48(71)19-20-49(66)72/h4,6-7,10-11,19-20,23-24,34-35,41,43,78H,3,5,8-9,12-18,21-22,25-31H2,1-2H3,(H,60,68)(H,61,75)(H,62,69)(H,63,70)(H,65,74)/t34?,35?,41-,43-,58-/m0/s1. The predicted molar refractivity (Wildman–Crippen MR) is 286 cm³/mol. The van der Waals surface area contributed by atoms with Gasteiger partial charge in [-0.25, -0.2) is 14.2 Å². The van der Waals surface area contributed by atoms with Gasteiger partial charge in [0, 0.05) is 60.0 Å². The molecule has 5 heterocycles. The first-order valence-corrected chi connectivity index (χ1v) is 27.5. The number of hydrogen-bond donors (Lipinski definition) is 6. The number of pyridine rings is 2. The van der Waals surface area contributed by atoms with E-state index in [-0.39, 0.29) is 86.4 Å². The Labute approximate surface area is 464 Å². The van der Waals surface area contributed by atoms with E-state index in [1.165, 1.54) is 22.8 Å². The number of nitrogens with zero attached hydrogens (tertiary/aromatic N) is 3. The van der Waals surface area contributed by atoms with Crippen LogP contribution < -0.4 is 32.1 Å². The number of carbonyl (C=O) groups excluding carboxylic acids is 9. The van der Waals surface area contributed by atoms with Crippen molar-refractivity contribution in [1.29, 1.82) is 0 Å². The van der Waals surface area contributed by atoms with Crippen LogP contribution in [-0.2, 0) is 89.0 Å². The normalized spacial score (nSPS) is 19.9. The smallest absolute Gasteiger partial charge is 0.343 e. The first kappa shape index (κ1) is 57.5. The molecule has 0 spiro atoms. The maximum absolute atomic E-state index is 15.5. The van der Waals surface area contributed by atoms with E-state index in [0.717, 1.165) is 21.4 Å². The first-order valence-electron chi connectivity index (χ1n) is 27.5. The molecule has 23 heteroatoms. The molecule has 5 aliphatic rings. The molecule has 0 bridgehead atoms. The van der Waals surface area contributed by atoms with E-state index >= 15 is 4.39 Å². The summed E-state index contributed by atoms with van der Waals surface area (Å²) >= 11 is 0. The van der Waals surface area contributed by atoms with Crippen LogP contribution in [0.5, 0.6) is 0 Å². The van der Waals surface area contributed by atoms with Crippen molar-refractivity contribution in [3.8, 4) is 11.4 Å². The van der Waals surface area contributed by atoms with E-state index in [1.807, 2.05) is 0 Å². The second-order valence-corrected chi connectivity index (χ2v) is 21.2. The summed E-state index contributed by atoms with van der Waals surface area (Å²) in [5.74, 6) is -5.62. The fourth-order valence-corrected chi connectivity index (χ4v) is 11.4. The molecule has 3 aliphatic heterocycles. The number of imide groups is 1. The fraction of sp³-hybridized carbons (Fsp3) is 0.466. The van der Waals surface area contributed by atoms with Gasteiger partial charge < -0.3 is 50.5 Å². The van der Waals surface area contributed by atoms with Gasteiger partial charge in [-0.05, 0) is 98.9 Å². The highest BCUT2D eigenvalue weighted by molar-refractivity contribution is 6.12. The Balaban J connectivity index is 0.707. The molecule has 22 nitrogen and oxygen atoms in total. The number of aliphatic hydroxyl groups is 1. The molecule has 0 radical (unpaired) electrons. The molecule has 3 atom stereocenters. The van der Waals surface area contributed by atoms with Crippen molar-refractivity contribution in [2.45, 2.75) is 122 Å². The van der Waals surface area contributed by atoms with Gasteiger partial charge in [-0.3, -0.25) is 48.1 Å². The van der Waals surface area contributed by atoms with E-state index in [1.54, 1.807) is 50.2 Å². The van der Waals surface area contributed by atoms with E-state index in [0.29, 0.717) is 98.0 Å². The lowest BCUT2D eigenvalue weighted by molar-refractivity contribution is -0.172. The fourth-order valence-electron chi connectivity index (χ4n) is 11.4. The van der Waals surface area contributed by atoms with Gasteiger partial charge >= 0.3 is 11.9 Å². The third-order valence-electron chi connectivity index (χ3n) is 16.0. The van der Waals surface area contributed by atoms with Crippen molar-refractivity contribution in [3.63, 3.8) is 0 Å². The van der Waals surface area contributed by atoms with Gasteiger partial charge in [-0.2, -0.15) is 0 Å². The summed E-state index contributed by atoms with van der Waals surface area (Å²) in [6, 6.07) is 10.2. The maximum atomic E-state index is 15.5. The SMILES string of the molecule is CC[C@@]1(O)C(=O)OCc2c1cc1n(c2=O)Cc2c-1nc1cc(F)c(C)c3c1c2[C@@H](NC(=O)C1CCC(COCNC(=O)CNC(=O)[C@H](Cc2ccccc2)NC(=O)COC(=O)CNC(=O)CCCCCN2C(=O)C=CC2=O)CC1)CC3. The van der Waals surface area contributed by atoms with Gasteiger partial charge in [0.05, 0.1) is 48.2 Å². The van der Waals surface area contributed by atoms with Gasteiger partial charge in [-0.1, -0.05) is 43.7 Å². The van der Waals surface area contributed by atoms with Crippen LogP contribution in [0.4, 0.5) is 4.39 Å². The minimum Gasteiger partial charge on any atom is -0.458 e. The van der Waals surface area contributed by atoms with Crippen molar-refractivity contribution >= 4 is 64.2 Å². The van der Waals surface area contributed by atoms with Crippen molar-refractivity contribution in [2.75, 3.05) is 39.6 Å². The summed E-state index contributed by atoms with van der Waals surface area (Å²) in [5.41, 5.74) is 2.61. The van der Waals surface area contributed by atoms with Gasteiger partial charge in [0.15, 0.2) is 12.2 Å². The molecule has 2 aliphatic carbocycles. The highest BCUT2D eigenvalue weighted by Crippen LogP contribution is 2.46. The summed E-state index contributed by atoms with van der Waals surface area (Å²) in [4.78, 5) is 134. The number of aryl methyl sites for hydroxylation is 1. The van der Waals surface area contributed by atoms with E-state index < -0.39 is 84.3 Å². The lowest BCUT2D eigenvalue weighted by Crippen LogP contribution is -2.51. The molecule has 4 aromatic rings. The molecule has 2 aromatic heterocycles. The zero-order valence-corrected chi connectivity index (χ0v) is 45.1. The molecule has 2 aromatic carbocycles. The zero-order valence-electron chi connectivity index (χ0n) is 45.1. The van der Waals surface area contributed by atoms with Crippen LogP contribution in [0.15, 0.2) is 59.4 Å². The molecule has 0 unspecified atom stereocenters. The summed E-state index contributed by atoms with van der Waals surface area (Å²) in [6.45, 7) is 1.95. The molecule has 81 heavy (non-hydrogen) atoms. The van der Waals surface area contributed by atoms with Crippen LogP contribution in [0.3, 0.4) is 0 Å². The summed E-state index contributed by atoms with van der Waals surface area (Å²) in [5, 5.41) is 25.6. The van der Waals surface area contributed by atoms with E-state index in [4.69, 9.17) is 19.2 Å². The number of nitrogens with one attached hydrogen (secondary N) is 5. The average Bonchev–Trinajstić information content (AvgIpc) is 4.09. The Bertz CT molecular complexity index is 3270. The number of unbranched alkanes of at least 4 members (excludes halogenated alkanes) is 2. The summed E-state index contributed by atoms with van der Waals surface area (Å²) in [6.07, 6.45) is 7.60. The molecular weight excluding hydrogens is 1050 g/mol. The number of ether oxygens (including phenoxy) is 3. The van der Waals surface area contributed by atoms with E-state index in [2.05, 4.69) is 26.6 Å². The number of rotatable bonds is 23. The molecule has 9 rings (SSSR count). The molecule has 1 fully saturated rings. The topological polar surface area (TPSA) is 300 Å². The number of amides is 7. The minimum absolute atomic E-state index is 0.0198.